The van der Waals surface area contributed by atoms with Gasteiger partial charge in [0.2, 0.25) is 0 Å². The number of ketones is 1. The Bertz CT molecular complexity index is 564. The van der Waals surface area contributed by atoms with Crippen LogP contribution in [0, 0.1) is 5.92 Å². The number of nitrogens with zero attached hydrogens (tertiary/aromatic N) is 1. The lowest BCUT2D eigenvalue weighted by Crippen LogP contribution is -2.42. The zero-order valence-electron chi connectivity index (χ0n) is 9.52. The minimum atomic E-state index is -3.53. The second-order valence-corrected chi connectivity index (χ2v) is 9.11. The zero-order valence-corrected chi connectivity index (χ0v) is 13.5. The standard InChI is InChI=1S/C10H11BrClNO3S2/c1-6-5-13(3-2-8(6)14)18(15,16)9-4-7(12)10(11)17-9/h4,6H,2-3,5H2,1H3. The first-order chi connectivity index (χ1) is 8.32. The van der Waals surface area contributed by atoms with E-state index in [-0.39, 0.29) is 35.4 Å². The molecule has 0 bridgehead atoms. The smallest absolute Gasteiger partial charge is 0.252 e. The van der Waals surface area contributed by atoms with Crippen LogP contribution < -0.4 is 0 Å². The molecule has 0 N–H and O–H groups in total. The van der Waals surface area contributed by atoms with Gasteiger partial charge in [-0.1, -0.05) is 18.5 Å². The molecule has 0 amide bonds. The van der Waals surface area contributed by atoms with Gasteiger partial charge < -0.3 is 0 Å². The first-order valence-electron chi connectivity index (χ1n) is 5.30. The first kappa shape index (κ1) is 14.5. The third-order valence-corrected chi connectivity index (χ3v) is 7.64. The van der Waals surface area contributed by atoms with Crippen molar-refractivity contribution in [3.05, 3.63) is 14.9 Å². The van der Waals surface area contributed by atoms with E-state index in [2.05, 4.69) is 15.9 Å². The largest absolute Gasteiger partial charge is 0.299 e. The van der Waals surface area contributed by atoms with Crippen molar-refractivity contribution >= 4 is 54.7 Å². The third-order valence-electron chi connectivity index (χ3n) is 2.85. The van der Waals surface area contributed by atoms with Gasteiger partial charge in [0.25, 0.3) is 10.0 Å². The third kappa shape index (κ3) is 2.65. The van der Waals surface area contributed by atoms with E-state index in [1.54, 1.807) is 6.92 Å². The molecule has 1 aliphatic heterocycles. The normalized spacial score (nSPS) is 22.4. The number of carbonyl (C=O) groups is 1. The van der Waals surface area contributed by atoms with Crippen molar-refractivity contribution in [3.8, 4) is 0 Å². The van der Waals surface area contributed by atoms with Gasteiger partial charge in [-0.15, -0.1) is 11.3 Å². The maximum Gasteiger partial charge on any atom is 0.252 e. The molecule has 1 aliphatic rings. The Kier molecular flexibility index (Phi) is 4.18. The molecular formula is C10H11BrClNO3S2. The Labute approximate surface area is 123 Å². The summed E-state index contributed by atoms with van der Waals surface area (Å²) in [6.45, 7) is 2.24. The summed E-state index contributed by atoms with van der Waals surface area (Å²) in [5.74, 6) is -0.126. The number of Topliss-reactive ketones (excluding diaryl/α,β-unsaturated/α-hetero) is 1. The lowest BCUT2D eigenvalue weighted by molar-refractivity contribution is -0.124. The molecule has 1 atom stereocenters. The van der Waals surface area contributed by atoms with Gasteiger partial charge in [0.05, 0.1) is 8.81 Å². The van der Waals surface area contributed by atoms with E-state index in [1.807, 2.05) is 0 Å². The minimum absolute atomic E-state index is 0.117. The molecule has 0 aliphatic carbocycles. The summed E-state index contributed by atoms with van der Waals surface area (Å²) < 4.78 is 26.9. The fraction of sp³-hybridized carbons (Fsp3) is 0.500. The van der Waals surface area contributed by atoms with E-state index in [0.717, 1.165) is 11.3 Å². The molecule has 1 aromatic rings. The summed E-state index contributed by atoms with van der Waals surface area (Å²) in [6.07, 6.45) is 0.278. The van der Waals surface area contributed by atoms with Crippen molar-refractivity contribution in [2.45, 2.75) is 17.6 Å². The Morgan fingerprint density at radius 2 is 2.22 bits per heavy atom. The van der Waals surface area contributed by atoms with Crippen LogP contribution in [0.1, 0.15) is 13.3 Å². The van der Waals surface area contributed by atoms with Crippen LogP contribution in [0.25, 0.3) is 0 Å². The predicted molar refractivity (Wildman–Crippen MR) is 74.6 cm³/mol. The molecule has 0 spiro atoms. The van der Waals surface area contributed by atoms with Crippen molar-refractivity contribution < 1.29 is 13.2 Å². The van der Waals surface area contributed by atoms with Crippen molar-refractivity contribution in [1.82, 2.24) is 4.31 Å². The fourth-order valence-corrected chi connectivity index (χ4v) is 5.86. The van der Waals surface area contributed by atoms with Crippen LogP contribution in [0.15, 0.2) is 14.1 Å². The zero-order chi connectivity index (χ0) is 13.5. The van der Waals surface area contributed by atoms with E-state index < -0.39 is 10.0 Å². The summed E-state index contributed by atoms with van der Waals surface area (Å²) in [4.78, 5) is 11.4. The van der Waals surface area contributed by atoms with Crippen LogP contribution in [0.4, 0.5) is 0 Å². The Morgan fingerprint density at radius 3 is 2.72 bits per heavy atom. The van der Waals surface area contributed by atoms with Gasteiger partial charge in [0, 0.05) is 25.4 Å². The van der Waals surface area contributed by atoms with Gasteiger partial charge in [-0.2, -0.15) is 4.31 Å². The predicted octanol–water partition coefficient (Wildman–Crippen LogP) is 2.76. The minimum Gasteiger partial charge on any atom is -0.299 e. The molecule has 8 heteroatoms. The molecule has 1 unspecified atom stereocenters. The van der Waals surface area contributed by atoms with Crippen LogP contribution >= 0.6 is 38.9 Å². The molecular weight excluding hydrogens is 362 g/mol. The number of sulfonamides is 1. The molecule has 1 fully saturated rings. The maximum atomic E-state index is 12.4. The number of halogens is 2. The summed E-state index contributed by atoms with van der Waals surface area (Å²) >= 11 is 10.1. The molecule has 0 saturated carbocycles. The Morgan fingerprint density at radius 1 is 1.56 bits per heavy atom. The van der Waals surface area contributed by atoms with E-state index in [0.29, 0.717) is 8.81 Å². The van der Waals surface area contributed by atoms with Gasteiger partial charge in [-0.05, 0) is 22.0 Å². The first-order valence-corrected chi connectivity index (χ1v) is 8.73. The Balaban J connectivity index is 2.29. The van der Waals surface area contributed by atoms with Gasteiger partial charge in [0.15, 0.2) is 0 Å². The monoisotopic (exact) mass is 371 g/mol. The molecule has 4 nitrogen and oxygen atoms in total. The molecule has 1 aromatic heterocycles. The van der Waals surface area contributed by atoms with E-state index >= 15 is 0 Å². The number of hydrogen-bond acceptors (Lipinski definition) is 4. The van der Waals surface area contributed by atoms with Crippen LogP contribution in [0.5, 0.6) is 0 Å². The maximum absolute atomic E-state index is 12.4. The van der Waals surface area contributed by atoms with E-state index in [1.165, 1.54) is 10.4 Å². The highest BCUT2D eigenvalue weighted by Crippen LogP contribution is 2.36. The molecule has 2 heterocycles. The van der Waals surface area contributed by atoms with Crippen molar-refractivity contribution in [1.29, 1.82) is 0 Å². The lowest BCUT2D eigenvalue weighted by atomic mass is 10.0. The highest BCUT2D eigenvalue weighted by atomic mass is 79.9. The van der Waals surface area contributed by atoms with Crippen LogP contribution in [0.3, 0.4) is 0 Å². The quantitative estimate of drug-likeness (QED) is 0.802. The second kappa shape index (κ2) is 5.20. The van der Waals surface area contributed by atoms with Crippen LogP contribution in [-0.2, 0) is 14.8 Å². The van der Waals surface area contributed by atoms with Gasteiger partial charge in [0.1, 0.15) is 9.99 Å². The highest BCUT2D eigenvalue weighted by Gasteiger charge is 2.33. The molecule has 1 saturated heterocycles. The molecule has 0 radical (unpaired) electrons. The second-order valence-electron chi connectivity index (χ2n) is 4.17. The topological polar surface area (TPSA) is 54.5 Å². The lowest BCUT2D eigenvalue weighted by Gasteiger charge is -2.28. The van der Waals surface area contributed by atoms with Crippen LogP contribution in [-0.4, -0.2) is 31.6 Å². The number of rotatable bonds is 2. The van der Waals surface area contributed by atoms with Crippen molar-refractivity contribution in [2.75, 3.05) is 13.1 Å². The highest BCUT2D eigenvalue weighted by molar-refractivity contribution is 9.11. The number of hydrogen-bond donors (Lipinski definition) is 0. The summed E-state index contributed by atoms with van der Waals surface area (Å²) in [5.41, 5.74) is 0. The molecule has 2 rings (SSSR count). The average Bonchev–Trinajstić information content (AvgIpc) is 2.64. The Hall–Kier alpha value is 0.0500. The van der Waals surface area contributed by atoms with Crippen molar-refractivity contribution in [3.63, 3.8) is 0 Å². The SMILES string of the molecule is CC1CN(S(=O)(=O)c2cc(Cl)c(Br)s2)CCC1=O. The van der Waals surface area contributed by atoms with Gasteiger partial charge in [-0.25, -0.2) is 8.42 Å². The summed E-state index contributed by atoms with van der Waals surface area (Å²) in [6, 6.07) is 1.44. The summed E-state index contributed by atoms with van der Waals surface area (Å²) in [7, 11) is -3.53. The summed E-state index contributed by atoms with van der Waals surface area (Å²) in [5, 5.41) is 0.389. The molecule has 18 heavy (non-hydrogen) atoms. The average molecular weight is 373 g/mol. The molecule has 100 valence electrons. The number of thiophene rings is 1. The van der Waals surface area contributed by atoms with Gasteiger partial charge in [-0.3, -0.25) is 4.79 Å². The van der Waals surface area contributed by atoms with E-state index in [4.69, 9.17) is 11.6 Å². The molecule has 0 aromatic carbocycles. The van der Waals surface area contributed by atoms with Crippen molar-refractivity contribution in [2.24, 2.45) is 5.92 Å². The number of carbonyl (C=O) groups excluding carboxylic acids is 1. The van der Waals surface area contributed by atoms with Gasteiger partial charge >= 0.3 is 0 Å². The van der Waals surface area contributed by atoms with Crippen LogP contribution in [0.2, 0.25) is 5.02 Å². The fourth-order valence-electron chi connectivity index (χ4n) is 1.78. The number of piperidine rings is 1. The van der Waals surface area contributed by atoms with E-state index in [9.17, 15) is 13.2 Å².